The van der Waals surface area contributed by atoms with Crippen molar-refractivity contribution in [1.29, 1.82) is 0 Å². The van der Waals surface area contributed by atoms with Crippen LogP contribution in [0.5, 0.6) is 0 Å². The summed E-state index contributed by atoms with van der Waals surface area (Å²) in [4.78, 5) is 4.93. The van der Waals surface area contributed by atoms with Gasteiger partial charge >= 0.3 is 0 Å². The average Bonchev–Trinajstić information content (AvgIpc) is 3.15. The first kappa shape index (κ1) is 37.7. The third kappa shape index (κ3) is 7.18. The Labute approximate surface area is 344 Å². The molecule has 0 aliphatic heterocycles. The lowest BCUT2D eigenvalue weighted by Gasteiger charge is -2.30. The molecule has 55 heavy (non-hydrogen) atoms. The van der Waals surface area contributed by atoms with Crippen LogP contribution >= 0.6 is 22.6 Å². The monoisotopic (exact) mass is 878 g/mol. The Morgan fingerprint density at radius 2 is 0.600 bits per heavy atom. The van der Waals surface area contributed by atoms with Crippen molar-refractivity contribution >= 4 is 129 Å². The van der Waals surface area contributed by atoms with E-state index in [0.29, 0.717) is 0 Å². The van der Waals surface area contributed by atoms with Gasteiger partial charge in [-0.05, 0) is 117 Å². The summed E-state index contributed by atoms with van der Waals surface area (Å²) in [6.07, 6.45) is 0. The van der Waals surface area contributed by atoms with Crippen molar-refractivity contribution in [2.45, 2.75) is 58.9 Å². The Bertz CT molecular complexity index is 2570. The second-order valence-corrected chi connectivity index (χ2v) is 34.6. The summed E-state index contributed by atoms with van der Waals surface area (Å²) in [6.45, 7) is 21.8. The average molecular weight is 879 g/mol. The zero-order valence-corrected chi connectivity index (χ0v) is 38.8. The standard InChI is InChI=1S/C49H51IN2Si3/c1-53(2,3)41-24-18-38(19-25-41)51(37-16-14-36(50)15-17-37)46-32-12-34-11-31-45-47(33-13-35-10-30-44(46)48(34)49(35)45)52(39-20-26-42(27-21-39)54(4,5)6)40-22-28-43(29-23-40)55(7,8)9/h10-33H,1-9H3. The molecule has 0 saturated carbocycles. The number of halogens is 1. The normalized spacial score (nSPS) is 12.5. The summed E-state index contributed by atoms with van der Waals surface area (Å²) < 4.78 is 1.23. The van der Waals surface area contributed by atoms with Crippen LogP contribution in [-0.4, -0.2) is 24.2 Å². The van der Waals surface area contributed by atoms with Crippen LogP contribution in [0.3, 0.4) is 0 Å². The molecule has 0 spiro atoms. The van der Waals surface area contributed by atoms with Crippen LogP contribution in [0.1, 0.15) is 0 Å². The van der Waals surface area contributed by atoms with E-state index in [4.69, 9.17) is 0 Å². The highest BCUT2D eigenvalue weighted by molar-refractivity contribution is 14.1. The lowest BCUT2D eigenvalue weighted by molar-refractivity contribution is 1.30. The quantitative estimate of drug-likeness (QED) is 0.0810. The molecule has 8 aromatic rings. The Morgan fingerprint density at radius 1 is 0.327 bits per heavy atom. The van der Waals surface area contributed by atoms with Crippen LogP contribution in [0.4, 0.5) is 34.1 Å². The van der Waals surface area contributed by atoms with E-state index in [1.807, 2.05) is 0 Å². The summed E-state index contributed by atoms with van der Waals surface area (Å²) in [5.74, 6) is 0. The van der Waals surface area contributed by atoms with Gasteiger partial charge in [-0.1, -0.05) is 147 Å². The molecule has 0 atom stereocenters. The molecular weight excluding hydrogens is 828 g/mol. The SMILES string of the molecule is C[Si](C)(C)c1ccc(N(c2ccc(I)cc2)c2ccc3ccc4c(N(c5ccc([Si](C)(C)C)cc5)c5ccc([Si](C)(C)C)cc5)ccc5ccc2c3c54)cc1. The van der Waals surface area contributed by atoms with Gasteiger partial charge in [0.15, 0.2) is 0 Å². The molecule has 0 aliphatic carbocycles. The molecule has 0 N–H and O–H groups in total. The number of hydrogen-bond acceptors (Lipinski definition) is 2. The molecule has 0 aliphatic rings. The van der Waals surface area contributed by atoms with Gasteiger partial charge < -0.3 is 9.80 Å². The van der Waals surface area contributed by atoms with E-state index in [1.54, 1.807) is 0 Å². The van der Waals surface area contributed by atoms with Crippen LogP contribution in [-0.2, 0) is 0 Å². The van der Waals surface area contributed by atoms with Gasteiger partial charge in [0.25, 0.3) is 0 Å². The molecule has 0 heterocycles. The summed E-state index contributed by atoms with van der Waals surface area (Å²) in [5, 5.41) is 12.1. The van der Waals surface area contributed by atoms with Crippen molar-refractivity contribution in [2.75, 3.05) is 9.80 Å². The van der Waals surface area contributed by atoms with Crippen molar-refractivity contribution in [2.24, 2.45) is 0 Å². The number of anilines is 6. The lowest BCUT2D eigenvalue weighted by Crippen LogP contribution is -2.37. The van der Waals surface area contributed by atoms with Gasteiger partial charge in [0.05, 0.1) is 35.6 Å². The van der Waals surface area contributed by atoms with Crippen molar-refractivity contribution < 1.29 is 0 Å². The fourth-order valence-corrected chi connectivity index (χ4v) is 11.8. The van der Waals surface area contributed by atoms with Crippen LogP contribution in [0, 0.1) is 3.57 Å². The lowest BCUT2D eigenvalue weighted by atomic mass is 9.91. The van der Waals surface area contributed by atoms with E-state index in [2.05, 4.69) is 237 Å². The van der Waals surface area contributed by atoms with E-state index < -0.39 is 24.2 Å². The second-order valence-electron chi connectivity index (χ2n) is 18.1. The molecule has 0 fully saturated rings. The van der Waals surface area contributed by atoms with Crippen molar-refractivity contribution in [1.82, 2.24) is 0 Å². The number of hydrogen-bond donors (Lipinski definition) is 0. The second kappa shape index (κ2) is 14.1. The highest BCUT2D eigenvalue weighted by Gasteiger charge is 2.24. The van der Waals surface area contributed by atoms with Gasteiger partial charge in [-0.15, -0.1) is 0 Å². The minimum absolute atomic E-state index is 1.16. The fraction of sp³-hybridized carbons (Fsp3) is 0.184. The molecule has 6 heteroatoms. The maximum Gasteiger partial charge on any atom is 0.0775 e. The van der Waals surface area contributed by atoms with Gasteiger partial charge in [0, 0.05) is 37.1 Å². The predicted molar refractivity (Wildman–Crippen MR) is 261 cm³/mol. The molecule has 8 rings (SSSR count). The van der Waals surface area contributed by atoms with E-state index in [-0.39, 0.29) is 0 Å². The van der Waals surface area contributed by atoms with Crippen LogP contribution in [0.25, 0.3) is 32.3 Å². The van der Waals surface area contributed by atoms with Crippen LogP contribution in [0.2, 0.25) is 58.9 Å². The van der Waals surface area contributed by atoms with Crippen LogP contribution < -0.4 is 25.4 Å². The summed E-state index contributed by atoms with van der Waals surface area (Å²) >= 11 is 2.41. The fourth-order valence-electron chi connectivity index (χ4n) is 7.94. The Morgan fingerprint density at radius 3 is 0.891 bits per heavy atom. The van der Waals surface area contributed by atoms with E-state index in [9.17, 15) is 0 Å². The third-order valence-corrected chi connectivity index (χ3v) is 18.1. The number of nitrogens with zero attached hydrogens (tertiary/aromatic N) is 2. The van der Waals surface area contributed by atoms with Crippen molar-refractivity contribution in [3.05, 3.63) is 149 Å². The van der Waals surface area contributed by atoms with Crippen LogP contribution in [0.15, 0.2) is 146 Å². The summed E-state index contributed by atoms with van der Waals surface area (Å²) in [5.41, 5.74) is 7.09. The summed E-state index contributed by atoms with van der Waals surface area (Å²) in [7, 11) is -4.37. The molecule has 0 aromatic heterocycles. The topological polar surface area (TPSA) is 6.48 Å². The van der Waals surface area contributed by atoms with Gasteiger partial charge in [-0.3, -0.25) is 0 Å². The smallest absolute Gasteiger partial charge is 0.0775 e. The van der Waals surface area contributed by atoms with Gasteiger partial charge in [0.2, 0.25) is 0 Å². The summed E-state index contributed by atoms with van der Waals surface area (Å²) in [6, 6.07) is 55.7. The predicted octanol–water partition coefficient (Wildman–Crippen LogP) is 13.8. The third-order valence-electron chi connectivity index (χ3n) is 11.2. The van der Waals surface area contributed by atoms with Crippen molar-refractivity contribution in [3.63, 3.8) is 0 Å². The van der Waals surface area contributed by atoms with Gasteiger partial charge in [0.1, 0.15) is 0 Å². The highest BCUT2D eigenvalue weighted by Crippen LogP contribution is 2.47. The van der Waals surface area contributed by atoms with E-state index in [0.717, 1.165) is 5.69 Å². The molecule has 0 radical (unpaired) electrons. The maximum atomic E-state index is 2.48. The largest absolute Gasteiger partial charge is 0.310 e. The molecule has 0 amide bonds. The van der Waals surface area contributed by atoms with E-state index >= 15 is 0 Å². The molecular formula is C49H51IN2Si3. The first-order valence-electron chi connectivity index (χ1n) is 19.5. The molecule has 276 valence electrons. The maximum absolute atomic E-state index is 2.48. The molecule has 8 aromatic carbocycles. The van der Waals surface area contributed by atoms with E-state index in [1.165, 1.54) is 79.9 Å². The first-order chi connectivity index (χ1) is 26.1. The minimum atomic E-state index is -1.46. The number of rotatable bonds is 9. The Hall–Kier alpha value is -4.22. The molecule has 0 unspecified atom stereocenters. The number of benzene rings is 8. The molecule has 0 bridgehead atoms. The minimum Gasteiger partial charge on any atom is -0.310 e. The molecule has 0 saturated heterocycles. The molecule has 2 nitrogen and oxygen atoms in total. The van der Waals surface area contributed by atoms with Crippen molar-refractivity contribution in [3.8, 4) is 0 Å². The highest BCUT2D eigenvalue weighted by atomic mass is 127. The zero-order chi connectivity index (χ0) is 38.9. The van der Waals surface area contributed by atoms with Gasteiger partial charge in [-0.25, -0.2) is 0 Å². The Balaban J connectivity index is 1.36. The Kier molecular flexibility index (Phi) is 9.64. The van der Waals surface area contributed by atoms with Gasteiger partial charge in [-0.2, -0.15) is 0 Å². The first-order valence-corrected chi connectivity index (χ1v) is 31.0. The zero-order valence-electron chi connectivity index (χ0n) is 33.6.